The summed E-state index contributed by atoms with van der Waals surface area (Å²) in [5.41, 5.74) is 1.76. The zero-order valence-corrected chi connectivity index (χ0v) is 21.8. The summed E-state index contributed by atoms with van der Waals surface area (Å²) in [5.74, 6) is -1.70. The predicted octanol–water partition coefficient (Wildman–Crippen LogP) is 3.46. The molecule has 0 unspecified atom stereocenters. The molecular formula is C29H33N3O6. The highest BCUT2D eigenvalue weighted by Crippen LogP contribution is 2.28. The summed E-state index contributed by atoms with van der Waals surface area (Å²) in [6.07, 6.45) is 1.26. The van der Waals surface area contributed by atoms with E-state index >= 15 is 0 Å². The third kappa shape index (κ3) is 6.66. The normalized spacial score (nSPS) is 18.7. The number of fused-ring (bicyclic) bond motifs is 1. The number of nitrogens with one attached hydrogen (secondary N) is 3. The van der Waals surface area contributed by atoms with Gasteiger partial charge in [0, 0.05) is 29.4 Å². The number of ketones is 2. The van der Waals surface area contributed by atoms with Crippen molar-refractivity contribution in [3.05, 3.63) is 71.9 Å². The molecule has 9 heteroatoms. The summed E-state index contributed by atoms with van der Waals surface area (Å²) in [5, 5.41) is 6.27. The Labute approximate surface area is 221 Å². The zero-order chi connectivity index (χ0) is 27.3. The molecule has 2 heterocycles. The average Bonchev–Trinajstić information content (AvgIpc) is 3.54. The summed E-state index contributed by atoms with van der Waals surface area (Å²) in [4.78, 5) is 54.5. The minimum Gasteiger partial charge on any atom is -0.445 e. The molecule has 2 amide bonds. The molecule has 9 nitrogen and oxygen atoms in total. The number of epoxide rings is 1. The number of hydrogen-bond acceptors (Lipinski definition) is 6. The summed E-state index contributed by atoms with van der Waals surface area (Å²) in [6.45, 7) is 5.27. The Morgan fingerprint density at radius 1 is 1.00 bits per heavy atom. The van der Waals surface area contributed by atoms with Crippen LogP contribution in [0.3, 0.4) is 0 Å². The Morgan fingerprint density at radius 2 is 1.68 bits per heavy atom. The van der Waals surface area contributed by atoms with Crippen LogP contribution in [-0.4, -0.2) is 52.8 Å². The second-order valence-corrected chi connectivity index (χ2v) is 9.97. The lowest BCUT2D eigenvalue weighted by Gasteiger charge is -2.22. The molecule has 1 saturated heterocycles. The number of alkyl carbamates (subject to hydrolysis) is 1. The number of rotatable bonds is 12. The molecule has 3 N–H and O–H groups in total. The van der Waals surface area contributed by atoms with Crippen molar-refractivity contribution in [1.82, 2.24) is 15.6 Å². The van der Waals surface area contributed by atoms with Gasteiger partial charge in [-0.25, -0.2) is 4.79 Å². The maximum Gasteiger partial charge on any atom is 0.408 e. The second kappa shape index (κ2) is 11.6. The number of H-pyrrole nitrogens is 1. The van der Waals surface area contributed by atoms with E-state index in [9.17, 15) is 19.2 Å². The highest BCUT2D eigenvalue weighted by atomic mass is 16.6. The number of carbonyl (C=O) groups excluding carboxylic acids is 4. The monoisotopic (exact) mass is 519 g/mol. The van der Waals surface area contributed by atoms with E-state index in [0.717, 1.165) is 22.0 Å². The van der Waals surface area contributed by atoms with E-state index in [1.807, 2.05) is 60.8 Å². The van der Waals surface area contributed by atoms with Crippen LogP contribution >= 0.6 is 0 Å². The molecule has 1 fully saturated rings. The van der Waals surface area contributed by atoms with E-state index in [1.54, 1.807) is 20.8 Å². The quantitative estimate of drug-likeness (QED) is 0.314. The van der Waals surface area contributed by atoms with Gasteiger partial charge >= 0.3 is 6.09 Å². The first-order valence-electron chi connectivity index (χ1n) is 12.7. The lowest BCUT2D eigenvalue weighted by atomic mass is 9.90. The van der Waals surface area contributed by atoms with E-state index in [1.165, 1.54) is 0 Å². The largest absolute Gasteiger partial charge is 0.445 e. The van der Waals surface area contributed by atoms with E-state index < -0.39 is 35.6 Å². The summed E-state index contributed by atoms with van der Waals surface area (Å²) < 4.78 is 10.4. The maximum atomic E-state index is 13.3. The van der Waals surface area contributed by atoms with Crippen molar-refractivity contribution in [1.29, 1.82) is 0 Å². The molecule has 1 aromatic heterocycles. The Bertz CT molecular complexity index is 1310. The first-order valence-corrected chi connectivity index (χ1v) is 12.7. The molecule has 1 aliphatic heterocycles. The number of aromatic nitrogens is 1. The van der Waals surface area contributed by atoms with Crippen molar-refractivity contribution < 1.29 is 28.7 Å². The second-order valence-electron chi connectivity index (χ2n) is 9.97. The molecule has 0 bridgehead atoms. The molecular weight excluding hydrogens is 486 g/mol. The van der Waals surface area contributed by atoms with Gasteiger partial charge in [-0.05, 0) is 44.4 Å². The van der Waals surface area contributed by atoms with Crippen molar-refractivity contribution in [2.45, 2.75) is 57.9 Å². The van der Waals surface area contributed by atoms with Crippen LogP contribution in [-0.2, 0) is 36.9 Å². The number of hydrogen-bond donors (Lipinski definition) is 3. The van der Waals surface area contributed by atoms with Crippen molar-refractivity contribution in [3.8, 4) is 0 Å². The van der Waals surface area contributed by atoms with Crippen LogP contribution in [0.1, 0.15) is 38.3 Å². The molecule has 1 aliphatic rings. The van der Waals surface area contributed by atoms with Crippen molar-refractivity contribution in [2.24, 2.45) is 5.92 Å². The SMILES string of the molecule is C[C@H](NC(=O)OCc1ccccc1)C(=O)C[C@@H](Cc1c[nH]c2ccccc12)C(=O)N[C@@H](C)C(=O)[C@@]1(C)CO1. The van der Waals surface area contributed by atoms with Crippen LogP contribution < -0.4 is 10.6 Å². The van der Waals surface area contributed by atoms with E-state index in [0.29, 0.717) is 6.61 Å². The Hall–Kier alpha value is -3.98. The van der Waals surface area contributed by atoms with E-state index in [4.69, 9.17) is 9.47 Å². The van der Waals surface area contributed by atoms with Crippen molar-refractivity contribution >= 4 is 34.5 Å². The number of benzene rings is 2. The molecule has 2 aromatic carbocycles. The standard InChI is InChI=1S/C29H33N3O6/c1-18(32-28(36)37-16-20-9-5-4-6-10-20)25(33)14-21(13-22-15-30-24-12-8-7-11-23(22)24)27(35)31-19(2)26(34)29(3)17-38-29/h4-12,15,18-19,21,30H,13-14,16-17H2,1-3H3,(H,31,35)(H,32,36)/t18-,19-,21+,29+/m0/s1. The summed E-state index contributed by atoms with van der Waals surface area (Å²) in [7, 11) is 0. The highest BCUT2D eigenvalue weighted by Gasteiger charge is 2.49. The van der Waals surface area contributed by atoms with Crippen LogP contribution in [0.4, 0.5) is 4.79 Å². The third-order valence-corrected chi connectivity index (χ3v) is 6.84. The Kier molecular flexibility index (Phi) is 8.26. The number of ether oxygens (including phenoxy) is 2. The highest BCUT2D eigenvalue weighted by molar-refractivity contribution is 5.97. The minimum absolute atomic E-state index is 0.0771. The van der Waals surface area contributed by atoms with Gasteiger partial charge in [0.05, 0.1) is 18.7 Å². The smallest absolute Gasteiger partial charge is 0.408 e. The first kappa shape index (κ1) is 27.1. The van der Waals surface area contributed by atoms with Crippen LogP contribution in [0.25, 0.3) is 10.9 Å². The minimum atomic E-state index is -0.868. The molecule has 0 saturated carbocycles. The molecule has 38 heavy (non-hydrogen) atoms. The van der Waals surface area contributed by atoms with E-state index in [-0.39, 0.29) is 31.0 Å². The van der Waals surface area contributed by atoms with Gasteiger partial charge in [0.25, 0.3) is 0 Å². The fourth-order valence-electron chi connectivity index (χ4n) is 4.37. The number of aromatic amines is 1. The molecule has 3 aromatic rings. The number of carbonyl (C=O) groups is 4. The van der Waals surface area contributed by atoms with Gasteiger partial charge in [-0.2, -0.15) is 0 Å². The van der Waals surface area contributed by atoms with E-state index in [2.05, 4.69) is 15.6 Å². The maximum absolute atomic E-state index is 13.3. The summed E-state index contributed by atoms with van der Waals surface area (Å²) in [6, 6.07) is 15.3. The van der Waals surface area contributed by atoms with Crippen LogP contribution in [0.15, 0.2) is 60.8 Å². The van der Waals surface area contributed by atoms with Crippen molar-refractivity contribution in [3.63, 3.8) is 0 Å². The molecule has 0 radical (unpaired) electrons. The van der Waals surface area contributed by atoms with Gasteiger partial charge in [0.1, 0.15) is 12.2 Å². The Balaban J connectivity index is 1.41. The predicted molar refractivity (Wildman–Crippen MR) is 141 cm³/mol. The van der Waals surface area contributed by atoms with Crippen LogP contribution in [0.5, 0.6) is 0 Å². The fourth-order valence-corrected chi connectivity index (χ4v) is 4.37. The first-order chi connectivity index (χ1) is 18.2. The van der Waals surface area contributed by atoms with Gasteiger partial charge in [0.15, 0.2) is 11.6 Å². The van der Waals surface area contributed by atoms with Crippen LogP contribution in [0, 0.1) is 5.92 Å². The number of Topliss-reactive ketones (excluding diaryl/α,β-unsaturated/α-hetero) is 2. The molecule has 0 spiro atoms. The fraction of sp³-hybridized carbons (Fsp3) is 0.379. The lowest BCUT2D eigenvalue weighted by molar-refractivity contribution is -0.133. The topological polar surface area (TPSA) is 130 Å². The molecule has 0 aliphatic carbocycles. The zero-order valence-electron chi connectivity index (χ0n) is 21.8. The van der Waals surface area contributed by atoms with Gasteiger partial charge < -0.3 is 25.1 Å². The van der Waals surface area contributed by atoms with Crippen LogP contribution in [0.2, 0.25) is 0 Å². The average molecular weight is 520 g/mol. The van der Waals surface area contributed by atoms with Crippen molar-refractivity contribution in [2.75, 3.05) is 6.61 Å². The molecule has 4 rings (SSSR count). The van der Waals surface area contributed by atoms with Gasteiger partial charge in [-0.3, -0.25) is 14.4 Å². The van der Waals surface area contributed by atoms with Gasteiger partial charge in [0.2, 0.25) is 5.91 Å². The summed E-state index contributed by atoms with van der Waals surface area (Å²) >= 11 is 0. The number of para-hydroxylation sites is 1. The molecule has 4 atom stereocenters. The Morgan fingerprint density at radius 3 is 2.39 bits per heavy atom. The third-order valence-electron chi connectivity index (χ3n) is 6.84. The van der Waals surface area contributed by atoms with Gasteiger partial charge in [-0.1, -0.05) is 48.5 Å². The number of amides is 2. The molecule has 200 valence electrons. The van der Waals surface area contributed by atoms with Gasteiger partial charge in [-0.15, -0.1) is 0 Å². The lowest BCUT2D eigenvalue weighted by Crippen LogP contribution is -2.47.